The van der Waals surface area contributed by atoms with Gasteiger partial charge in [0, 0.05) is 38.0 Å². The summed E-state index contributed by atoms with van der Waals surface area (Å²) in [5.74, 6) is 0.249. The highest BCUT2D eigenvalue weighted by atomic mass is 16.6. The predicted octanol–water partition coefficient (Wildman–Crippen LogP) is 3.87. The lowest BCUT2D eigenvalue weighted by molar-refractivity contribution is -0.139. The molecule has 1 spiro atoms. The molecule has 0 bridgehead atoms. The third kappa shape index (κ3) is 5.24. The summed E-state index contributed by atoms with van der Waals surface area (Å²) in [6.07, 6.45) is 6.17. The Morgan fingerprint density at radius 3 is 2.78 bits per heavy atom. The molecule has 0 aromatic heterocycles. The first-order valence-electron chi connectivity index (χ1n) is 10.4. The van der Waals surface area contributed by atoms with Crippen LogP contribution in [-0.4, -0.2) is 54.6 Å². The summed E-state index contributed by atoms with van der Waals surface area (Å²) in [4.78, 5) is 28.7. The van der Waals surface area contributed by atoms with Crippen molar-refractivity contribution in [2.45, 2.75) is 51.9 Å². The van der Waals surface area contributed by atoms with E-state index < -0.39 is 0 Å². The summed E-state index contributed by atoms with van der Waals surface area (Å²) >= 11 is 0. The Morgan fingerprint density at radius 1 is 1.19 bits per heavy atom. The zero-order valence-electron chi connectivity index (χ0n) is 16.5. The van der Waals surface area contributed by atoms with Crippen molar-refractivity contribution in [2.24, 2.45) is 5.41 Å². The highest BCUT2D eigenvalue weighted by molar-refractivity contribution is 5.77. The van der Waals surface area contributed by atoms with E-state index in [2.05, 4.69) is 19.1 Å². The normalized spacial score (nSPS) is 22.9. The molecule has 5 heteroatoms. The smallest absolute Gasteiger partial charge is 0.409 e. The van der Waals surface area contributed by atoms with Crippen molar-refractivity contribution in [1.29, 1.82) is 0 Å². The van der Waals surface area contributed by atoms with Crippen LogP contribution in [0.3, 0.4) is 0 Å². The lowest BCUT2D eigenvalue weighted by atomic mass is 9.73. The summed E-state index contributed by atoms with van der Waals surface area (Å²) in [6.45, 7) is 5.59. The molecule has 1 aromatic rings. The van der Waals surface area contributed by atoms with Gasteiger partial charge in [-0.05, 0) is 37.7 Å². The van der Waals surface area contributed by atoms with Gasteiger partial charge in [-0.15, -0.1) is 0 Å². The SMILES string of the molecule is CCCCOC(=O)N1CCC[C@@]2(CCC(=O)N(CCc3ccccc3)C2)C1. The van der Waals surface area contributed by atoms with Crippen molar-refractivity contribution in [3.63, 3.8) is 0 Å². The van der Waals surface area contributed by atoms with Crippen LogP contribution in [0.25, 0.3) is 0 Å². The van der Waals surface area contributed by atoms with Crippen LogP contribution in [0.5, 0.6) is 0 Å². The van der Waals surface area contributed by atoms with Crippen molar-refractivity contribution < 1.29 is 14.3 Å². The van der Waals surface area contributed by atoms with Gasteiger partial charge in [-0.2, -0.15) is 0 Å². The topological polar surface area (TPSA) is 49.9 Å². The zero-order valence-corrected chi connectivity index (χ0v) is 16.5. The molecule has 2 saturated heterocycles. The molecule has 0 radical (unpaired) electrons. The van der Waals surface area contributed by atoms with E-state index in [9.17, 15) is 9.59 Å². The van der Waals surface area contributed by atoms with Crippen LogP contribution >= 0.6 is 0 Å². The molecule has 2 amide bonds. The van der Waals surface area contributed by atoms with Gasteiger partial charge in [0.2, 0.25) is 5.91 Å². The maximum Gasteiger partial charge on any atom is 0.409 e. The molecule has 27 heavy (non-hydrogen) atoms. The number of likely N-dealkylation sites (tertiary alicyclic amines) is 2. The van der Waals surface area contributed by atoms with Crippen molar-refractivity contribution in [2.75, 3.05) is 32.8 Å². The van der Waals surface area contributed by atoms with Gasteiger partial charge in [0.15, 0.2) is 0 Å². The molecule has 2 aliphatic heterocycles. The standard InChI is InChI=1S/C22H32N2O3/c1-2-3-16-27-21(26)24-14-7-12-22(18-24)13-10-20(25)23(17-22)15-11-19-8-5-4-6-9-19/h4-6,8-9H,2-3,7,10-18H2,1H3/t22-/m0/s1. The van der Waals surface area contributed by atoms with Gasteiger partial charge >= 0.3 is 6.09 Å². The van der Waals surface area contributed by atoms with Crippen LogP contribution in [0.2, 0.25) is 0 Å². The van der Waals surface area contributed by atoms with Crippen LogP contribution in [0.15, 0.2) is 30.3 Å². The maximum atomic E-state index is 12.5. The van der Waals surface area contributed by atoms with E-state index in [-0.39, 0.29) is 17.4 Å². The molecule has 0 N–H and O–H groups in total. The molecule has 0 unspecified atom stereocenters. The van der Waals surface area contributed by atoms with Crippen LogP contribution in [-0.2, 0) is 16.0 Å². The molecule has 2 heterocycles. The van der Waals surface area contributed by atoms with Crippen molar-refractivity contribution in [3.8, 4) is 0 Å². The number of hydrogen-bond donors (Lipinski definition) is 0. The third-order valence-corrected chi connectivity index (χ3v) is 5.90. The second-order valence-electron chi connectivity index (χ2n) is 8.04. The second-order valence-corrected chi connectivity index (χ2v) is 8.04. The van der Waals surface area contributed by atoms with Gasteiger partial charge in [0.05, 0.1) is 6.61 Å². The Balaban J connectivity index is 1.57. The Labute approximate surface area is 162 Å². The van der Waals surface area contributed by atoms with Crippen LogP contribution in [0.1, 0.15) is 51.0 Å². The molecular formula is C22H32N2O3. The van der Waals surface area contributed by atoms with Gasteiger partial charge in [0.1, 0.15) is 0 Å². The molecular weight excluding hydrogens is 340 g/mol. The largest absolute Gasteiger partial charge is 0.449 e. The monoisotopic (exact) mass is 372 g/mol. The van der Waals surface area contributed by atoms with E-state index in [1.54, 1.807) is 0 Å². The molecule has 0 saturated carbocycles. The lowest BCUT2D eigenvalue weighted by Crippen LogP contribution is -2.55. The van der Waals surface area contributed by atoms with Gasteiger partial charge in [-0.3, -0.25) is 4.79 Å². The fourth-order valence-corrected chi connectivity index (χ4v) is 4.31. The van der Waals surface area contributed by atoms with E-state index >= 15 is 0 Å². The summed E-state index contributed by atoms with van der Waals surface area (Å²) in [7, 11) is 0. The number of carbonyl (C=O) groups excluding carboxylic acids is 2. The van der Waals surface area contributed by atoms with E-state index in [4.69, 9.17) is 4.74 Å². The molecule has 5 nitrogen and oxygen atoms in total. The van der Waals surface area contributed by atoms with Crippen molar-refractivity contribution >= 4 is 12.0 Å². The first-order valence-corrected chi connectivity index (χ1v) is 10.4. The minimum Gasteiger partial charge on any atom is -0.449 e. The fourth-order valence-electron chi connectivity index (χ4n) is 4.31. The van der Waals surface area contributed by atoms with E-state index in [0.717, 1.165) is 58.2 Å². The number of carbonyl (C=O) groups is 2. The Kier molecular flexibility index (Phi) is 6.75. The summed E-state index contributed by atoms with van der Waals surface area (Å²) in [5, 5.41) is 0. The first-order chi connectivity index (χ1) is 13.1. The fraction of sp³-hybridized carbons (Fsp3) is 0.636. The van der Waals surface area contributed by atoms with Crippen molar-refractivity contribution in [3.05, 3.63) is 35.9 Å². The number of ether oxygens (including phenoxy) is 1. The number of unbranched alkanes of at least 4 members (excludes halogenated alkanes) is 1. The highest BCUT2D eigenvalue weighted by Gasteiger charge is 2.42. The van der Waals surface area contributed by atoms with Crippen LogP contribution in [0.4, 0.5) is 4.79 Å². The summed E-state index contributed by atoms with van der Waals surface area (Å²) < 4.78 is 5.42. The number of nitrogens with zero attached hydrogens (tertiary/aromatic N) is 2. The molecule has 2 aliphatic rings. The molecule has 148 valence electrons. The van der Waals surface area contributed by atoms with Crippen LogP contribution < -0.4 is 0 Å². The van der Waals surface area contributed by atoms with E-state index in [1.807, 2.05) is 28.0 Å². The number of rotatable bonds is 6. The number of hydrogen-bond acceptors (Lipinski definition) is 3. The second kappa shape index (κ2) is 9.25. The average Bonchev–Trinajstić information content (AvgIpc) is 2.70. The van der Waals surface area contributed by atoms with Gasteiger partial charge < -0.3 is 14.5 Å². The molecule has 1 atom stereocenters. The van der Waals surface area contributed by atoms with Gasteiger partial charge in [-0.1, -0.05) is 43.7 Å². The quantitative estimate of drug-likeness (QED) is 0.712. The lowest BCUT2D eigenvalue weighted by Gasteiger charge is -2.48. The van der Waals surface area contributed by atoms with Crippen molar-refractivity contribution in [1.82, 2.24) is 9.80 Å². The molecule has 1 aromatic carbocycles. The highest BCUT2D eigenvalue weighted by Crippen LogP contribution is 2.39. The minimum atomic E-state index is -0.185. The summed E-state index contributed by atoms with van der Waals surface area (Å²) in [6, 6.07) is 10.3. The van der Waals surface area contributed by atoms with E-state index in [0.29, 0.717) is 19.6 Å². The van der Waals surface area contributed by atoms with E-state index in [1.165, 1.54) is 5.56 Å². The predicted molar refractivity (Wildman–Crippen MR) is 105 cm³/mol. The Morgan fingerprint density at radius 2 is 2.00 bits per heavy atom. The molecule has 3 rings (SSSR count). The first kappa shape index (κ1) is 19.7. The third-order valence-electron chi connectivity index (χ3n) is 5.90. The average molecular weight is 373 g/mol. The number of piperidine rings is 2. The van der Waals surface area contributed by atoms with Gasteiger partial charge in [0.25, 0.3) is 0 Å². The summed E-state index contributed by atoms with van der Waals surface area (Å²) in [5.41, 5.74) is 1.29. The van der Waals surface area contributed by atoms with Crippen LogP contribution in [0, 0.1) is 5.41 Å². The zero-order chi connectivity index (χ0) is 19.1. The Bertz CT molecular complexity index is 634. The minimum absolute atomic E-state index is 0.0343. The molecule has 2 fully saturated rings. The maximum absolute atomic E-state index is 12.5. The van der Waals surface area contributed by atoms with Gasteiger partial charge in [-0.25, -0.2) is 4.79 Å². The molecule has 0 aliphatic carbocycles. The number of amides is 2. The number of benzene rings is 1. The Hall–Kier alpha value is -2.04.